The number of nitrogens with one attached hydrogen (secondary N) is 1. The average Bonchev–Trinajstić information content (AvgIpc) is 2.96. The van der Waals surface area contributed by atoms with Crippen LogP contribution in [0.2, 0.25) is 0 Å². The molecule has 1 N–H and O–H groups in total. The van der Waals surface area contributed by atoms with Crippen LogP contribution in [0, 0.1) is 6.92 Å². The van der Waals surface area contributed by atoms with Crippen LogP contribution in [0.15, 0.2) is 48.7 Å². The first-order valence-electron chi connectivity index (χ1n) is 9.76. The fourth-order valence-electron chi connectivity index (χ4n) is 3.54. The number of benzene rings is 1. The number of carbonyl (C=O) groups is 1. The Labute approximate surface area is 178 Å². The van der Waals surface area contributed by atoms with Gasteiger partial charge in [-0.3, -0.25) is 9.78 Å². The molecule has 28 heavy (non-hydrogen) atoms. The van der Waals surface area contributed by atoms with Crippen LogP contribution in [0.4, 0.5) is 0 Å². The zero-order chi connectivity index (χ0) is 18.9. The lowest BCUT2D eigenvalue weighted by molar-refractivity contribution is -0.131. The van der Waals surface area contributed by atoms with Gasteiger partial charge >= 0.3 is 0 Å². The zero-order valence-corrected chi connectivity index (χ0v) is 18.1. The lowest BCUT2D eigenvalue weighted by Gasteiger charge is -2.31. The third-order valence-corrected chi connectivity index (χ3v) is 5.93. The molecule has 0 aliphatic carbocycles. The molecule has 2 heterocycles. The Bertz CT molecular complexity index is 721. The van der Waals surface area contributed by atoms with Crippen LogP contribution in [0.25, 0.3) is 0 Å². The van der Waals surface area contributed by atoms with E-state index in [1.54, 1.807) is 18.0 Å². The Morgan fingerprint density at radius 3 is 2.89 bits per heavy atom. The summed E-state index contributed by atoms with van der Waals surface area (Å²) < 4.78 is 0. The number of carbonyl (C=O) groups excluding carboxylic acids is 1. The Balaban J connectivity index is 0.00000280. The number of halogens is 1. The van der Waals surface area contributed by atoms with Crippen LogP contribution in [0.3, 0.4) is 0 Å². The van der Waals surface area contributed by atoms with E-state index in [1.165, 1.54) is 11.1 Å². The fourth-order valence-corrected chi connectivity index (χ4v) is 4.40. The van der Waals surface area contributed by atoms with Gasteiger partial charge in [-0.15, -0.1) is 24.2 Å². The summed E-state index contributed by atoms with van der Waals surface area (Å²) in [7, 11) is 0. The quantitative estimate of drug-likeness (QED) is 0.729. The fraction of sp³-hybridized carbons (Fsp3) is 0.455. The lowest BCUT2D eigenvalue weighted by Crippen LogP contribution is -2.41. The van der Waals surface area contributed by atoms with Gasteiger partial charge in [-0.2, -0.15) is 0 Å². The number of aryl methyl sites for hydroxylation is 1. The van der Waals surface area contributed by atoms with E-state index in [9.17, 15) is 4.79 Å². The predicted molar refractivity (Wildman–Crippen MR) is 120 cm³/mol. The SMILES string of the molecule is Cc1cccc(CSCC(=O)N(Cc2ccccn2)C2CCCNCC2)c1.Cl. The van der Waals surface area contributed by atoms with E-state index in [4.69, 9.17) is 0 Å². The number of aromatic nitrogens is 1. The molecule has 2 aromatic rings. The molecule has 0 radical (unpaired) electrons. The molecule has 3 rings (SSSR count). The first kappa shape index (κ1) is 22.7. The van der Waals surface area contributed by atoms with Crippen molar-refractivity contribution < 1.29 is 4.79 Å². The smallest absolute Gasteiger partial charge is 0.233 e. The summed E-state index contributed by atoms with van der Waals surface area (Å²) in [5.74, 6) is 1.62. The van der Waals surface area contributed by atoms with E-state index >= 15 is 0 Å². The van der Waals surface area contributed by atoms with E-state index in [0.29, 0.717) is 18.3 Å². The molecule has 152 valence electrons. The topological polar surface area (TPSA) is 45.2 Å². The van der Waals surface area contributed by atoms with Crippen LogP contribution < -0.4 is 5.32 Å². The number of amides is 1. The second-order valence-corrected chi connectivity index (χ2v) is 8.14. The molecule has 4 nitrogen and oxygen atoms in total. The van der Waals surface area contributed by atoms with Gasteiger partial charge in [0.2, 0.25) is 5.91 Å². The third kappa shape index (κ3) is 7.12. The van der Waals surface area contributed by atoms with Crippen LogP contribution >= 0.6 is 24.2 Å². The molecular weight excluding hydrogens is 390 g/mol. The number of nitrogens with zero attached hydrogens (tertiary/aromatic N) is 2. The lowest BCUT2D eigenvalue weighted by atomic mass is 10.1. The largest absolute Gasteiger partial charge is 0.333 e. The standard InChI is InChI=1S/C22H29N3OS.ClH/c1-18-6-4-7-19(14-18)16-27-17-22(26)25(15-20-8-2-3-12-24-20)21-9-5-11-23-13-10-21;/h2-4,6-8,12,14,21,23H,5,9-11,13,15-17H2,1H3;1H. The first-order chi connectivity index (χ1) is 13.2. The third-order valence-electron chi connectivity index (χ3n) is 4.94. The van der Waals surface area contributed by atoms with E-state index in [1.807, 2.05) is 18.2 Å². The number of thioether (sulfide) groups is 1. The number of hydrogen-bond donors (Lipinski definition) is 1. The van der Waals surface area contributed by atoms with Crippen LogP contribution in [-0.4, -0.2) is 40.7 Å². The Kier molecular flexibility index (Phi) is 9.82. The van der Waals surface area contributed by atoms with Gasteiger partial charge in [0.15, 0.2) is 0 Å². The number of pyridine rings is 1. The second kappa shape index (κ2) is 12.1. The first-order valence-corrected chi connectivity index (χ1v) is 10.9. The van der Waals surface area contributed by atoms with Crippen molar-refractivity contribution in [3.05, 3.63) is 65.5 Å². The highest BCUT2D eigenvalue weighted by atomic mass is 35.5. The average molecular weight is 420 g/mol. The van der Waals surface area contributed by atoms with Crippen molar-refractivity contribution in [1.82, 2.24) is 15.2 Å². The molecule has 6 heteroatoms. The molecule has 1 aromatic heterocycles. The molecule has 0 spiro atoms. The van der Waals surface area contributed by atoms with E-state index in [-0.39, 0.29) is 18.3 Å². The normalized spacial score (nSPS) is 16.7. The van der Waals surface area contributed by atoms with Gasteiger partial charge in [0.25, 0.3) is 0 Å². The summed E-state index contributed by atoms with van der Waals surface area (Å²) in [4.78, 5) is 19.6. The van der Waals surface area contributed by atoms with Gasteiger partial charge in [0, 0.05) is 18.0 Å². The zero-order valence-electron chi connectivity index (χ0n) is 16.5. The van der Waals surface area contributed by atoms with Crippen molar-refractivity contribution in [2.45, 2.75) is 44.5 Å². The van der Waals surface area contributed by atoms with Crippen LogP contribution in [0.1, 0.15) is 36.1 Å². The Morgan fingerprint density at radius 2 is 2.11 bits per heavy atom. The summed E-state index contributed by atoms with van der Waals surface area (Å²) in [6, 6.07) is 14.7. The van der Waals surface area contributed by atoms with Gasteiger partial charge < -0.3 is 10.2 Å². The highest BCUT2D eigenvalue weighted by Crippen LogP contribution is 2.20. The molecule has 1 saturated heterocycles. The number of rotatable bonds is 7. The highest BCUT2D eigenvalue weighted by Gasteiger charge is 2.25. The van der Waals surface area contributed by atoms with E-state index in [2.05, 4.69) is 46.4 Å². The van der Waals surface area contributed by atoms with Crippen molar-refractivity contribution in [2.24, 2.45) is 0 Å². The van der Waals surface area contributed by atoms with Gasteiger partial charge in [-0.1, -0.05) is 35.9 Å². The Hall–Kier alpha value is -1.56. The maximum absolute atomic E-state index is 13.1. The summed E-state index contributed by atoms with van der Waals surface area (Å²) >= 11 is 1.70. The molecule has 1 aromatic carbocycles. The maximum Gasteiger partial charge on any atom is 0.233 e. The van der Waals surface area contributed by atoms with Crippen molar-refractivity contribution >= 4 is 30.1 Å². The number of hydrogen-bond acceptors (Lipinski definition) is 4. The molecule has 1 unspecified atom stereocenters. The highest BCUT2D eigenvalue weighted by molar-refractivity contribution is 7.99. The van der Waals surface area contributed by atoms with Crippen LogP contribution in [0.5, 0.6) is 0 Å². The van der Waals surface area contributed by atoms with Crippen molar-refractivity contribution in [1.29, 1.82) is 0 Å². The van der Waals surface area contributed by atoms with Crippen LogP contribution in [-0.2, 0) is 17.1 Å². The molecule has 1 atom stereocenters. The summed E-state index contributed by atoms with van der Waals surface area (Å²) in [5, 5.41) is 3.45. The van der Waals surface area contributed by atoms with E-state index in [0.717, 1.165) is 43.8 Å². The summed E-state index contributed by atoms with van der Waals surface area (Å²) in [6.45, 7) is 4.74. The monoisotopic (exact) mass is 419 g/mol. The molecule has 1 aliphatic rings. The molecule has 1 fully saturated rings. The minimum absolute atomic E-state index is 0. The predicted octanol–water partition coefficient (Wildman–Crippen LogP) is 4.22. The summed E-state index contributed by atoms with van der Waals surface area (Å²) in [5.41, 5.74) is 3.51. The van der Waals surface area contributed by atoms with Crippen molar-refractivity contribution in [3.63, 3.8) is 0 Å². The van der Waals surface area contributed by atoms with Gasteiger partial charge in [-0.25, -0.2) is 0 Å². The van der Waals surface area contributed by atoms with E-state index < -0.39 is 0 Å². The van der Waals surface area contributed by atoms with Gasteiger partial charge in [0.05, 0.1) is 18.0 Å². The molecule has 0 saturated carbocycles. The molecule has 0 bridgehead atoms. The molecule has 1 aliphatic heterocycles. The minimum Gasteiger partial charge on any atom is -0.333 e. The van der Waals surface area contributed by atoms with Gasteiger partial charge in [-0.05, 0) is 57.0 Å². The molecule has 1 amide bonds. The Morgan fingerprint density at radius 1 is 1.21 bits per heavy atom. The minimum atomic E-state index is 0. The van der Waals surface area contributed by atoms with Crippen molar-refractivity contribution in [2.75, 3.05) is 18.8 Å². The van der Waals surface area contributed by atoms with Gasteiger partial charge in [0.1, 0.15) is 0 Å². The van der Waals surface area contributed by atoms with Crippen molar-refractivity contribution in [3.8, 4) is 0 Å². The second-order valence-electron chi connectivity index (χ2n) is 7.16. The maximum atomic E-state index is 13.1. The summed E-state index contributed by atoms with van der Waals surface area (Å²) in [6.07, 6.45) is 5.00. The molecular formula is C22H30ClN3OS.